The minimum Gasteiger partial charge on any atom is -0.491 e. The van der Waals surface area contributed by atoms with Crippen LogP contribution in [0.2, 0.25) is 0 Å². The Morgan fingerprint density at radius 3 is 2.81 bits per heavy atom. The Balaban J connectivity index is 1.77. The van der Waals surface area contributed by atoms with Gasteiger partial charge in [0, 0.05) is 31.2 Å². The van der Waals surface area contributed by atoms with Crippen molar-refractivity contribution >= 4 is 23.1 Å². The number of rotatable bonds is 3. The first-order valence-electron chi connectivity index (χ1n) is 9.75. The SMILES string of the molecule is C=C(C#Cc1cc2c(cc1F)OCC(N(C)C)c1sc(C(N)=O)nc1-2)C1N=C(C)ON1C. The number of fused-ring (bicyclic) bond motifs is 3. The molecule has 8 nitrogen and oxygen atoms in total. The van der Waals surface area contributed by atoms with Crippen molar-refractivity contribution in [3.63, 3.8) is 0 Å². The average molecular weight is 456 g/mol. The van der Waals surface area contributed by atoms with Crippen LogP contribution in [0.4, 0.5) is 4.39 Å². The number of halogens is 1. The van der Waals surface area contributed by atoms with E-state index in [0.29, 0.717) is 28.5 Å². The molecule has 0 radical (unpaired) electrons. The number of ether oxygens (including phenoxy) is 1. The Morgan fingerprint density at radius 2 is 2.19 bits per heavy atom. The number of hydrogen-bond acceptors (Lipinski definition) is 8. The smallest absolute Gasteiger partial charge is 0.277 e. The lowest BCUT2D eigenvalue weighted by atomic mass is 10.0. The molecule has 2 unspecified atom stereocenters. The van der Waals surface area contributed by atoms with E-state index in [4.69, 9.17) is 15.3 Å². The van der Waals surface area contributed by atoms with Gasteiger partial charge in [-0.25, -0.2) is 14.4 Å². The predicted octanol–water partition coefficient (Wildman–Crippen LogP) is 2.57. The topological polar surface area (TPSA) is 93.3 Å². The van der Waals surface area contributed by atoms with Crippen LogP contribution in [-0.4, -0.2) is 60.7 Å². The van der Waals surface area contributed by atoms with E-state index in [1.165, 1.54) is 22.5 Å². The Morgan fingerprint density at radius 1 is 1.44 bits per heavy atom. The molecule has 0 bridgehead atoms. The molecular weight excluding hydrogens is 433 g/mol. The number of thiazole rings is 1. The number of carbonyl (C=O) groups is 1. The number of likely N-dealkylation sites (N-methyl/N-ethyl adjacent to an activating group) is 2. The molecular formula is C22H22FN5O3S. The van der Waals surface area contributed by atoms with Crippen molar-refractivity contribution in [2.75, 3.05) is 27.7 Å². The lowest BCUT2D eigenvalue weighted by molar-refractivity contribution is -0.0451. The van der Waals surface area contributed by atoms with Gasteiger partial charge in [-0.15, -0.1) is 16.4 Å². The van der Waals surface area contributed by atoms with Crippen LogP contribution in [0.3, 0.4) is 0 Å². The predicted molar refractivity (Wildman–Crippen MR) is 120 cm³/mol. The summed E-state index contributed by atoms with van der Waals surface area (Å²) in [6.07, 6.45) is -0.459. The van der Waals surface area contributed by atoms with E-state index in [1.807, 2.05) is 19.0 Å². The van der Waals surface area contributed by atoms with E-state index in [-0.39, 0.29) is 23.2 Å². The zero-order valence-corrected chi connectivity index (χ0v) is 18.9. The Bertz CT molecular complexity index is 1210. The molecule has 32 heavy (non-hydrogen) atoms. The summed E-state index contributed by atoms with van der Waals surface area (Å²) in [4.78, 5) is 28.7. The van der Waals surface area contributed by atoms with Gasteiger partial charge in [0.1, 0.15) is 18.2 Å². The molecule has 1 aromatic heterocycles. The first-order chi connectivity index (χ1) is 15.2. The molecule has 10 heteroatoms. The zero-order valence-electron chi connectivity index (χ0n) is 18.1. The molecule has 2 N–H and O–H groups in total. The largest absolute Gasteiger partial charge is 0.491 e. The summed E-state index contributed by atoms with van der Waals surface area (Å²) in [5.74, 6) is 5.41. The van der Waals surface area contributed by atoms with Crippen LogP contribution in [0, 0.1) is 17.7 Å². The number of nitrogens with two attached hydrogens (primary N) is 1. The standard InChI is InChI=1S/C22H22FN5O3S/c1-11(21-25-12(2)31-28(21)5)6-7-13-8-14-17(9-15(13)23)30-10-16(27(3)4)19-18(14)26-22(32-19)20(24)29/h8-9,16,21H,1,10H2,2-5H3,(H2,24,29). The number of primary amides is 1. The van der Waals surface area contributed by atoms with E-state index in [2.05, 4.69) is 28.4 Å². The monoisotopic (exact) mass is 455 g/mol. The maximum absolute atomic E-state index is 14.9. The molecule has 1 amide bonds. The van der Waals surface area contributed by atoms with Gasteiger partial charge in [0.25, 0.3) is 5.91 Å². The van der Waals surface area contributed by atoms with Gasteiger partial charge >= 0.3 is 0 Å². The van der Waals surface area contributed by atoms with Gasteiger partial charge in [-0.2, -0.15) is 0 Å². The minimum absolute atomic E-state index is 0.152. The van der Waals surface area contributed by atoms with Crippen molar-refractivity contribution in [2.45, 2.75) is 19.1 Å². The van der Waals surface area contributed by atoms with Gasteiger partial charge in [0.05, 0.1) is 22.2 Å². The number of carbonyl (C=O) groups excluding carboxylic acids is 1. The minimum atomic E-state index is -0.611. The summed E-state index contributed by atoms with van der Waals surface area (Å²) < 4.78 is 20.8. The molecule has 3 heterocycles. The first-order valence-corrected chi connectivity index (χ1v) is 10.6. The van der Waals surface area contributed by atoms with E-state index < -0.39 is 17.9 Å². The Hall–Kier alpha value is -3.26. The second-order valence-corrected chi connectivity index (χ2v) is 8.68. The first kappa shape index (κ1) is 22.0. The van der Waals surface area contributed by atoms with Crippen LogP contribution in [0.1, 0.15) is 33.2 Å². The van der Waals surface area contributed by atoms with Gasteiger partial charge in [-0.3, -0.25) is 9.69 Å². The molecule has 0 spiro atoms. The van der Waals surface area contributed by atoms with Crippen molar-refractivity contribution in [3.05, 3.63) is 45.6 Å². The number of hydroxylamine groups is 2. The van der Waals surface area contributed by atoms with Gasteiger partial charge in [-0.1, -0.05) is 18.4 Å². The van der Waals surface area contributed by atoms with Crippen LogP contribution in [0.5, 0.6) is 5.75 Å². The molecule has 1 aromatic carbocycles. The van der Waals surface area contributed by atoms with Gasteiger partial charge in [0.2, 0.25) is 5.90 Å². The molecule has 0 saturated carbocycles. The highest BCUT2D eigenvalue weighted by Gasteiger charge is 2.31. The molecule has 0 fully saturated rings. The summed E-state index contributed by atoms with van der Waals surface area (Å²) in [6.45, 7) is 5.95. The van der Waals surface area contributed by atoms with Crippen molar-refractivity contribution in [3.8, 4) is 28.8 Å². The van der Waals surface area contributed by atoms with Crippen LogP contribution in [0.25, 0.3) is 11.3 Å². The second kappa shape index (κ2) is 8.35. The molecule has 2 aromatic rings. The second-order valence-electron chi connectivity index (χ2n) is 7.65. The average Bonchev–Trinajstić information content (AvgIpc) is 3.26. The maximum atomic E-state index is 14.9. The van der Waals surface area contributed by atoms with E-state index in [0.717, 1.165) is 4.88 Å². The van der Waals surface area contributed by atoms with Crippen LogP contribution in [0.15, 0.2) is 29.3 Å². The number of nitrogens with zero attached hydrogens (tertiary/aromatic N) is 4. The number of aromatic nitrogens is 1. The molecule has 4 rings (SSSR count). The molecule has 2 aliphatic rings. The molecule has 166 valence electrons. The quantitative estimate of drug-likeness (QED) is 0.715. The fourth-order valence-electron chi connectivity index (χ4n) is 3.48. The highest BCUT2D eigenvalue weighted by atomic mass is 32.1. The fourth-order valence-corrected chi connectivity index (χ4v) is 4.60. The van der Waals surface area contributed by atoms with Crippen LogP contribution in [-0.2, 0) is 4.84 Å². The third-order valence-electron chi connectivity index (χ3n) is 5.11. The molecule has 0 aliphatic carbocycles. The fraction of sp³-hybridized carbons (Fsp3) is 0.318. The highest BCUT2D eigenvalue weighted by Crippen LogP contribution is 2.43. The lowest BCUT2D eigenvalue weighted by Gasteiger charge is -2.21. The maximum Gasteiger partial charge on any atom is 0.277 e. The number of benzene rings is 1. The van der Waals surface area contributed by atoms with E-state index in [1.54, 1.807) is 20.0 Å². The van der Waals surface area contributed by atoms with Gasteiger partial charge < -0.3 is 15.3 Å². The van der Waals surface area contributed by atoms with E-state index in [9.17, 15) is 9.18 Å². The number of aliphatic imine (C=N–C) groups is 1. The Kier molecular flexibility index (Phi) is 5.73. The summed E-state index contributed by atoms with van der Waals surface area (Å²) in [5.41, 5.74) is 7.18. The van der Waals surface area contributed by atoms with Gasteiger partial charge in [-0.05, 0) is 20.2 Å². The van der Waals surface area contributed by atoms with Crippen LogP contribution >= 0.6 is 11.3 Å². The molecule has 2 aliphatic heterocycles. The highest BCUT2D eigenvalue weighted by molar-refractivity contribution is 7.14. The summed E-state index contributed by atoms with van der Waals surface area (Å²) in [7, 11) is 5.52. The number of amides is 1. The third kappa shape index (κ3) is 3.98. The number of hydrogen-bond donors (Lipinski definition) is 1. The normalized spacial score (nSPS) is 19.6. The van der Waals surface area contributed by atoms with Gasteiger partial charge in [0.15, 0.2) is 11.2 Å². The van der Waals surface area contributed by atoms with E-state index >= 15 is 0 Å². The molecule has 0 saturated heterocycles. The van der Waals surface area contributed by atoms with Crippen molar-refractivity contribution in [2.24, 2.45) is 10.7 Å². The van der Waals surface area contributed by atoms with Crippen molar-refractivity contribution < 1.29 is 18.8 Å². The summed E-state index contributed by atoms with van der Waals surface area (Å²) in [6, 6.07) is 2.70. The lowest BCUT2D eigenvalue weighted by Crippen LogP contribution is -2.25. The molecule has 2 atom stereocenters. The van der Waals surface area contributed by atoms with Crippen molar-refractivity contribution in [1.82, 2.24) is 14.9 Å². The summed E-state index contributed by atoms with van der Waals surface area (Å²) >= 11 is 1.22. The third-order valence-corrected chi connectivity index (χ3v) is 6.28. The zero-order chi connectivity index (χ0) is 23.2. The van der Waals surface area contributed by atoms with Crippen LogP contribution < -0.4 is 10.5 Å². The Labute approximate surface area is 189 Å². The van der Waals surface area contributed by atoms with Crippen molar-refractivity contribution in [1.29, 1.82) is 0 Å². The summed E-state index contributed by atoms with van der Waals surface area (Å²) in [5, 5.41) is 1.72.